The molecule has 0 aliphatic rings. The Morgan fingerprint density at radius 2 is 1.70 bits per heavy atom. The number of methoxy groups -OCH3 is 1. The van der Waals surface area contributed by atoms with E-state index in [4.69, 9.17) is 10.5 Å². The smallest absolute Gasteiger partial charge is 0.417 e. The molecule has 0 atom stereocenters. The van der Waals surface area contributed by atoms with Crippen molar-refractivity contribution in [3.63, 3.8) is 0 Å². The van der Waals surface area contributed by atoms with Gasteiger partial charge in [-0.1, -0.05) is 0 Å². The first-order chi connectivity index (χ1) is 12.5. The van der Waals surface area contributed by atoms with Crippen LogP contribution in [0, 0.1) is 0 Å². The van der Waals surface area contributed by atoms with Gasteiger partial charge in [0.05, 0.1) is 22.5 Å². The maximum Gasteiger partial charge on any atom is 0.417 e. The number of amides is 1. The lowest BCUT2D eigenvalue weighted by Gasteiger charge is -2.12. The summed E-state index contributed by atoms with van der Waals surface area (Å²) in [6, 6.07) is 7.76. The lowest BCUT2D eigenvalue weighted by molar-refractivity contribution is -0.136. The lowest BCUT2D eigenvalue weighted by atomic mass is 10.1. The molecule has 1 aromatic heterocycles. The highest BCUT2D eigenvalue weighted by atomic mass is 32.2. The van der Waals surface area contributed by atoms with E-state index in [1.54, 1.807) is 0 Å². The monoisotopic (exact) mass is 398 g/mol. The van der Waals surface area contributed by atoms with Crippen molar-refractivity contribution in [1.82, 2.24) is 4.98 Å². The zero-order chi connectivity index (χ0) is 20.0. The molecule has 1 heterocycles. The van der Waals surface area contributed by atoms with E-state index in [0.717, 1.165) is 12.1 Å². The summed E-state index contributed by atoms with van der Waals surface area (Å²) in [5.41, 5.74) is 3.50. The average Bonchev–Trinajstić information content (AvgIpc) is 3.04. The van der Waals surface area contributed by atoms with E-state index >= 15 is 0 Å². The molecule has 0 aliphatic carbocycles. The van der Waals surface area contributed by atoms with Crippen LogP contribution >= 0.6 is 0 Å². The predicted molar refractivity (Wildman–Crippen MR) is 90.3 cm³/mol. The summed E-state index contributed by atoms with van der Waals surface area (Å²) in [6.45, 7) is 0. The number of rotatable bonds is 4. The number of nitrogens with one attached hydrogen (secondary N) is 1. The Bertz CT molecular complexity index is 1130. The summed E-state index contributed by atoms with van der Waals surface area (Å²) >= 11 is 0. The molecular formula is C17H13F3N2O4S. The molecule has 6 nitrogen and oxygen atoms in total. The summed E-state index contributed by atoms with van der Waals surface area (Å²) in [5, 5.41) is -0.343. The zero-order valence-corrected chi connectivity index (χ0v) is 14.6. The number of hydrogen-bond donors (Lipinski definition) is 2. The van der Waals surface area contributed by atoms with Crippen LogP contribution in [0.1, 0.15) is 16.1 Å². The van der Waals surface area contributed by atoms with Gasteiger partial charge in [-0.05, 0) is 42.5 Å². The van der Waals surface area contributed by atoms with Crippen molar-refractivity contribution < 1.29 is 31.1 Å². The molecule has 3 rings (SSSR count). The molecule has 0 spiro atoms. The van der Waals surface area contributed by atoms with Gasteiger partial charge in [-0.25, -0.2) is 8.42 Å². The predicted octanol–water partition coefficient (Wildman–Crippen LogP) is 3.13. The quantitative estimate of drug-likeness (QED) is 0.705. The molecule has 1 amide bonds. The molecule has 0 aliphatic heterocycles. The third kappa shape index (κ3) is 3.35. The number of H-pyrrole nitrogens is 1. The van der Waals surface area contributed by atoms with Gasteiger partial charge in [-0.2, -0.15) is 13.2 Å². The topological polar surface area (TPSA) is 102 Å². The highest BCUT2D eigenvalue weighted by Gasteiger charge is 2.35. The Morgan fingerprint density at radius 3 is 2.22 bits per heavy atom. The van der Waals surface area contributed by atoms with Crippen molar-refractivity contribution in [2.24, 2.45) is 5.73 Å². The van der Waals surface area contributed by atoms with E-state index in [-0.39, 0.29) is 21.5 Å². The summed E-state index contributed by atoms with van der Waals surface area (Å²) in [5.74, 6) is -0.560. The second kappa shape index (κ2) is 6.31. The second-order valence-corrected chi connectivity index (χ2v) is 7.61. The van der Waals surface area contributed by atoms with Crippen LogP contribution in [0.5, 0.6) is 5.75 Å². The van der Waals surface area contributed by atoms with Gasteiger partial charge in [0.2, 0.25) is 9.84 Å². The molecule has 0 bridgehead atoms. The SMILES string of the molecule is COc1ccc(S(=O)(=O)c2cc(C(F)(F)F)c3cc(C(N)=O)[nH]c3c2)cc1. The van der Waals surface area contributed by atoms with Crippen molar-refractivity contribution in [3.8, 4) is 5.75 Å². The Balaban J connectivity index is 2.25. The van der Waals surface area contributed by atoms with E-state index in [1.165, 1.54) is 31.4 Å². The lowest BCUT2D eigenvalue weighted by Crippen LogP contribution is -2.10. The van der Waals surface area contributed by atoms with E-state index < -0.39 is 32.4 Å². The van der Waals surface area contributed by atoms with Crippen LogP contribution in [0.2, 0.25) is 0 Å². The number of ether oxygens (including phenoxy) is 1. The highest BCUT2D eigenvalue weighted by molar-refractivity contribution is 7.91. The van der Waals surface area contributed by atoms with Gasteiger partial charge in [0, 0.05) is 10.9 Å². The maximum atomic E-state index is 13.5. The minimum Gasteiger partial charge on any atom is -0.497 e. The van der Waals surface area contributed by atoms with Crippen LogP contribution in [-0.2, 0) is 16.0 Å². The minimum absolute atomic E-state index is 0.161. The van der Waals surface area contributed by atoms with Gasteiger partial charge in [-0.15, -0.1) is 0 Å². The molecule has 3 aromatic rings. The van der Waals surface area contributed by atoms with Crippen molar-refractivity contribution in [2.75, 3.05) is 7.11 Å². The van der Waals surface area contributed by atoms with E-state index in [0.29, 0.717) is 11.8 Å². The van der Waals surface area contributed by atoms with Gasteiger partial charge < -0.3 is 15.5 Å². The fourth-order valence-corrected chi connectivity index (χ4v) is 3.94. The molecule has 0 radical (unpaired) electrons. The van der Waals surface area contributed by atoms with Crippen LogP contribution < -0.4 is 10.5 Å². The van der Waals surface area contributed by atoms with E-state index in [1.807, 2.05) is 0 Å². The molecule has 0 fully saturated rings. The maximum absolute atomic E-state index is 13.5. The van der Waals surface area contributed by atoms with Crippen LogP contribution in [0.25, 0.3) is 10.9 Å². The van der Waals surface area contributed by atoms with Gasteiger partial charge in [0.15, 0.2) is 0 Å². The first kappa shape index (κ1) is 18.8. The molecule has 3 N–H and O–H groups in total. The third-order valence-corrected chi connectivity index (χ3v) is 5.71. The third-order valence-electron chi connectivity index (χ3n) is 3.96. The largest absolute Gasteiger partial charge is 0.497 e. The normalized spacial score (nSPS) is 12.3. The molecule has 10 heteroatoms. The number of carbonyl (C=O) groups excluding carboxylic acids is 1. The van der Waals surface area contributed by atoms with Crippen LogP contribution in [0.3, 0.4) is 0 Å². The molecule has 2 aromatic carbocycles. The number of halogens is 3. The summed E-state index contributed by atoms with van der Waals surface area (Å²) < 4.78 is 70.9. The van der Waals surface area contributed by atoms with Crippen molar-refractivity contribution >= 4 is 26.6 Å². The van der Waals surface area contributed by atoms with Crippen molar-refractivity contribution in [3.05, 3.63) is 53.7 Å². The van der Waals surface area contributed by atoms with E-state index in [2.05, 4.69) is 4.98 Å². The number of fused-ring (bicyclic) bond motifs is 1. The standard InChI is InChI=1S/C17H13F3N2O4S/c1-26-9-2-4-10(5-3-9)27(24,25)11-6-13(17(18,19)20)12-8-15(16(21)23)22-14(12)7-11/h2-8,22H,1H3,(H2,21,23). The van der Waals surface area contributed by atoms with Crippen LogP contribution in [0.15, 0.2) is 52.3 Å². The second-order valence-electron chi connectivity index (χ2n) is 5.66. The van der Waals surface area contributed by atoms with Gasteiger partial charge in [0.25, 0.3) is 5.91 Å². The van der Waals surface area contributed by atoms with Crippen LogP contribution in [-0.4, -0.2) is 26.4 Å². The average molecular weight is 398 g/mol. The number of aromatic amines is 1. The molecule has 27 heavy (non-hydrogen) atoms. The highest BCUT2D eigenvalue weighted by Crippen LogP contribution is 2.38. The first-order valence-corrected chi connectivity index (χ1v) is 8.95. The van der Waals surface area contributed by atoms with Gasteiger partial charge >= 0.3 is 6.18 Å². The van der Waals surface area contributed by atoms with Crippen molar-refractivity contribution in [1.29, 1.82) is 0 Å². The number of hydrogen-bond acceptors (Lipinski definition) is 4. The van der Waals surface area contributed by atoms with Gasteiger partial charge in [0.1, 0.15) is 11.4 Å². The fraction of sp³-hybridized carbons (Fsp3) is 0.118. The zero-order valence-electron chi connectivity index (χ0n) is 13.8. The first-order valence-electron chi connectivity index (χ1n) is 7.47. The Labute approximate surface area is 151 Å². The number of carbonyl (C=O) groups is 1. The van der Waals surface area contributed by atoms with Crippen LogP contribution in [0.4, 0.5) is 13.2 Å². The molecule has 0 unspecified atom stereocenters. The molecule has 142 valence electrons. The summed E-state index contributed by atoms with van der Waals surface area (Å²) in [4.78, 5) is 12.9. The van der Waals surface area contributed by atoms with Gasteiger partial charge in [-0.3, -0.25) is 4.79 Å². The summed E-state index contributed by atoms with van der Waals surface area (Å²) in [6.07, 6.45) is -4.83. The van der Waals surface area contributed by atoms with Crippen molar-refractivity contribution in [2.45, 2.75) is 16.0 Å². The minimum atomic E-state index is -4.83. The Morgan fingerprint density at radius 1 is 1.07 bits per heavy atom. The Kier molecular flexibility index (Phi) is 4.38. The molecule has 0 saturated carbocycles. The van der Waals surface area contributed by atoms with E-state index in [9.17, 15) is 26.4 Å². The number of sulfone groups is 1. The number of alkyl halides is 3. The fourth-order valence-electron chi connectivity index (χ4n) is 2.62. The number of benzene rings is 2. The Hall–Kier alpha value is -3.01. The molecule has 0 saturated heterocycles. The number of primary amides is 1. The number of aromatic nitrogens is 1. The summed E-state index contributed by atoms with van der Waals surface area (Å²) in [7, 11) is -2.84. The molecular weight excluding hydrogens is 385 g/mol. The number of nitrogens with two attached hydrogens (primary N) is 1.